The molecule has 4 aromatic rings. The number of furan rings is 1. The van der Waals surface area contributed by atoms with E-state index in [2.05, 4.69) is 4.98 Å². The molecule has 12 heteroatoms. The number of ether oxygens (including phenoxy) is 1. The van der Waals surface area contributed by atoms with Crippen molar-refractivity contribution in [3.63, 3.8) is 0 Å². The second kappa shape index (κ2) is 9.80. The molecule has 4 rings (SSSR count). The van der Waals surface area contributed by atoms with E-state index in [0.29, 0.717) is 26.9 Å². The first-order valence-corrected chi connectivity index (χ1v) is 14.7. The van der Waals surface area contributed by atoms with Crippen molar-refractivity contribution in [3.8, 4) is 5.75 Å². The Bertz CT molecular complexity index is 1560. The molecule has 35 heavy (non-hydrogen) atoms. The fourth-order valence-corrected chi connectivity index (χ4v) is 6.29. The molecule has 1 amide bonds. The molecule has 184 valence electrons. The number of rotatable bonds is 9. The van der Waals surface area contributed by atoms with Gasteiger partial charge in [-0.25, -0.2) is 21.8 Å². The van der Waals surface area contributed by atoms with Gasteiger partial charge in [0.2, 0.25) is 5.91 Å². The highest BCUT2D eigenvalue weighted by molar-refractivity contribution is 7.91. The summed E-state index contributed by atoms with van der Waals surface area (Å²) < 4.78 is 60.4. The Morgan fingerprint density at radius 2 is 1.77 bits per heavy atom. The molecule has 0 aliphatic heterocycles. The van der Waals surface area contributed by atoms with E-state index in [1.54, 1.807) is 30.3 Å². The number of benzene rings is 2. The molecule has 0 fully saturated rings. The monoisotopic (exact) mass is 534 g/mol. The first-order valence-electron chi connectivity index (χ1n) is 10.4. The summed E-state index contributed by atoms with van der Waals surface area (Å²) in [7, 11) is -5.64. The first kappa shape index (κ1) is 24.9. The summed E-state index contributed by atoms with van der Waals surface area (Å²) in [5.41, 5.74) is 0.528. The lowest BCUT2D eigenvalue weighted by Crippen LogP contribution is -2.31. The second-order valence-corrected chi connectivity index (χ2v) is 12.8. The summed E-state index contributed by atoms with van der Waals surface area (Å²) in [6, 6.07) is 13.9. The molecule has 0 bridgehead atoms. The van der Waals surface area contributed by atoms with Gasteiger partial charge in [-0.3, -0.25) is 9.69 Å². The number of hydrogen-bond donors (Lipinski definition) is 0. The molecule has 0 N–H and O–H groups in total. The zero-order valence-corrected chi connectivity index (χ0v) is 21.3. The van der Waals surface area contributed by atoms with Crippen molar-refractivity contribution >= 4 is 52.3 Å². The van der Waals surface area contributed by atoms with Crippen LogP contribution in [0.25, 0.3) is 10.2 Å². The topological polar surface area (TPSA) is 124 Å². The number of carbonyl (C=O) groups excluding carboxylic acids is 1. The maximum atomic E-state index is 13.2. The number of nitrogens with zero attached hydrogens (tertiary/aromatic N) is 2. The third kappa shape index (κ3) is 5.72. The van der Waals surface area contributed by atoms with Gasteiger partial charge < -0.3 is 9.15 Å². The normalized spacial score (nSPS) is 12.1. The summed E-state index contributed by atoms with van der Waals surface area (Å²) >= 11 is 1.14. The van der Waals surface area contributed by atoms with Crippen molar-refractivity contribution in [1.29, 1.82) is 0 Å². The Kier molecular flexibility index (Phi) is 6.97. The Morgan fingerprint density at radius 3 is 2.40 bits per heavy atom. The highest BCUT2D eigenvalue weighted by atomic mass is 32.2. The van der Waals surface area contributed by atoms with Gasteiger partial charge in [0.05, 0.1) is 45.7 Å². The molecular weight excluding hydrogens is 512 g/mol. The Hall–Kier alpha value is -3.22. The molecule has 2 aromatic carbocycles. The van der Waals surface area contributed by atoms with Crippen LogP contribution in [0.2, 0.25) is 0 Å². The summed E-state index contributed by atoms with van der Waals surface area (Å²) in [4.78, 5) is 19.3. The molecule has 0 saturated heterocycles. The molecule has 0 atom stereocenters. The SMILES string of the molecule is COc1ccc(S(=O)(=O)CCC(=O)N(Cc2ccco2)c2nc3ccc(S(C)(=O)=O)cc3s2)cc1. The summed E-state index contributed by atoms with van der Waals surface area (Å²) in [6.07, 6.45) is 2.31. The molecular formula is C23H22N2O7S3. The predicted octanol–water partition coefficient (Wildman–Crippen LogP) is 3.70. The molecule has 0 spiro atoms. The van der Waals surface area contributed by atoms with E-state index in [9.17, 15) is 21.6 Å². The van der Waals surface area contributed by atoms with Crippen LogP contribution in [0.5, 0.6) is 5.75 Å². The number of anilines is 1. The van der Waals surface area contributed by atoms with Gasteiger partial charge in [-0.2, -0.15) is 0 Å². The van der Waals surface area contributed by atoms with Crippen molar-refractivity contribution in [2.75, 3.05) is 24.0 Å². The zero-order valence-electron chi connectivity index (χ0n) is 18.9. The highest BCUT2D eigenvalue weighted by Gasteiger charge is 2.24. The summed E-state index contributed by atoms with van der Waals surface area (Å²) in [6.45, 7) is 0.0488. The Labute approximate surface area is 206 Å². The third-order valence-corrected chi connectivity index (χ3v) is 9.09. The van der Waals surface area contributed by atoms with Crippen molar-refractivity contribution in [2.24, 2.45) is 0 Å². The van der Waals surface area contributed by atoms with E-state index in [0.717, 1.165) is 17.6 Å². The van der Waals surface area contributed by atoms with Crippen LogP contribution in [-0.4, -0.2) is 46.8 Å². The predicted molar refractivity (Wildman–Crippen MR) is 132 cm³/mol. The van der Waals surface area contributed by atoms with Gasteiger partial charge in [0.1, 0.15) is 11.5 Å². The van der Waals surface area contributed by atoms with Crippen LogP contribution in [-0.2, 0) is 31.0 Å². The highest BCUT2D eigenvalue weighted by Crippen LogP contribution is 2.32. The smallest absolute Gasteiger partial charge is 0.230 e. The average molecular weight is 535 g/mol. The lowest BCUT2D eigenvalue weighted by molar-refractivity contribution is -0.118. The van der Waals surface area contributed by atoms with Gasteiger partial charge in [0.25, 0.3) is 0 Å². The van der Waals surface area contributed by atoms with Gasteiger partial charge in [-0.1, -0.05) is 11.3 Å². The van der Waals surface area contributed by atoms with Crippen LogP contribution in [0.1, 0.15) is 12.2 Å². The minimum absolute atomic E-state index is 0.0488. The fraction of sp³-hybridized carbons (Fsp3) is 0.217. The minimum atomic E-state index is -3.71. The molecule has 9 nitrogen and oxygen atoms in total. The quantitative estimate of drug-likeness (QED) is 0.318. The average Bonchev–Trinajstić information content (AvgIpc) is 3.49. The standard InChI is InChI=1S/C23H22N2O7S3/c1-31-16-5-7-18(8-6-16)35(29,30)13-11-22(26)25(15-17-4-3-12-32-17)23-24-20-10-9-19(34(2,27)28)14-21(20)33-23/h3-10,12,14H,11,13,15H2,1-2H3. The van der Waals surface area contributed by atoms with Crippen LogP contribution in [0, 0.1) is 0 Å². The largest absolute Gasteiger partial charge is 0.497 e. The number of sulfone groups is 2. The van der Waals surface area contributed by atoms with Crippen molar-refractivity contribution < 1.29 is 30.8 Å². The maximum absolute atomic E-state index is 13.2. The molecule has 0 aliphatic rings. The number of amides is 1. The number of methoxy groups -OCH3 is 1. The zero-order chi connectivity index (χ0) is 25.2. The number of thiazole rings is 1. The maximum Gasteiger partial charge on any atom is 0.230 e. The number of hydrogen-bond acceptors (Lipinski definition) is 9. The van der Waals surface area contributed by atoms with Crippen LogP contribution in [0.15, 0.2) is 75.1 Å². The van der Waals surface area contributed by atoms with E-state index >= 15 is 0 Å². The number of fused-ring (bicyclic) bond motifs is 1. The van der Waals surface area contributed by atoms with Gasteiger partial charge in [-0.05, 0) is 54.6 Å². The van der Waals surface area contributed by atoms with Crippen molar-refractivity contribution in [1.82, 2.24) is 4.98 Å². The van der Waals surface area contributed by atoms with E-state index in [1.807, 2.05) is 0 Å². The van der Waals surface area contributed by atoms with E-state index in [4.69, 9.17) is 9.15 Å². The Morgan fingerprint density at radius 1 is 1.06 bits per heavy atom. The van der Waals surface area contributed by atoms with Crippen molar-refractivity contribution in [3.05, 3.63) is 66.6 Å². The van der Waals surface area contributed by atoms with E-state index < -0.39 is 31.3 Å². The number of aromatic nitrogens is 1. The Balaban J connectivity index is 1.60. The first-order chi connectivity index (χ1) is 16.6. The molecule has 0 radical (unpaired) electrons. The lowest BCUT2D eigenvalue weighted by Gasteiger charge is -2.18. The van der Waals surface area contributed by atoms with Crippen LogP contribution in [0.4, 0.5) is 5.13 Å². The van der Waals surface area contributed by atoms with E-state index in [1.165, 1.54) is 42.5 Å². The van der Waals surface area contributed by atoms with Gasteiger partial charge in [0.15, 0.2) is 24.8 Å². The lowest BCUT2D eigenvalue weighted by atomic mass is 10.3. The second-order valence-electron chi connectivity index (χ2n) is 7.70. The minimum Gasteiger partial charge on any atom is -0.497 e. The fourth-order valence-electron chi connectivity index (χ4n) is 3.32. The van der Waals surface area contributed by atoms with Crippen LogP contribution in [0.3, 0.4) is 0 Å². The van der Waals surface area contributed by atoms with E-state index in [-0.39, 0.29) is 22.8 Å². The van der Waals surface area contributed by atoms with Gasteiger partial charge >= 0.3 is 0 Å². The molecule has 0 aliphatic carbocycles. The van der Waals surface area contributed by atoms with Gasteiger partial charge in [0, 0.05) is 12.7 Å². The molecule has 0 unspecified atom stereocenters. The third-order valence-electron chi connectivity index (χ3n) is 5.21. The summed E-state index contributed by atoms with van der Waals surface area (Å²) in [5, 5.41) is 0.314. The molecule has 0 saturated carbocycles. The summed E-state index contributed by atoms with van der Waals surface area (Å²) in [5.74, 6) is 0.170. The van der Waals surface area contributed by atoms with Crippen LogP contribution < -0.4 is 9.64 Å². The van der Waals surface area contributed by atoms with Gasteiger partial charge in [-0.15, -0.1) is 0 Å². The number of carbonyl (C=O) groups is 1. The molecule has 2 heterocycles. The van der Waals surface area contributed by atoms with Crippen molar-refractivity contribution in [2.45, 2.75) is 22.8 Å². The van der Waals surface area contributed by atoms with Crippen LogP contribution >= 0.6 is 11.3 Å². The molecule has 2 aromatic heterocycles.